The van der Waals surface area contributed by atoms with E-state index in [9.17, 15) is 51.0 Å². The number of halogens is 4. The summed E-state index contributed by atoms with van der Waals surface area (Å²) >= 11 is 0. The first-order chi connectivity index (χ1) is 22.1. The molecule has 2 atom stereocenters. The van der Waals surface area contributed by atoms with Gasteiger partial charge in [-0.2, -0.15) is 17.6 Å². The number of carboxylic acid groups (broad SMARTS) is 1. The Kier molecular flexibility index (Phi) is 11.4. The van der Waals surface area contributed by atoms with Gasteiger partial charge < -0.3 is 41.0 Å². The molecule has 3 aromatic rings. The van der Waals surface area contributed by atoms with Gasteiger partial charge in [0.2, 0.25) is 11.8 Å². The first-order valence-electron chi connectivity index (χ1n) is 13.3. The molecule has 48 heavy (non-hydrogen) atoms. The Bertz CT molecular complexity index is 1800. The molecule has 14 nitrogen and oxygen atoms in total. The first-order valence-corrected chi connectivity index (χ1v) is 16.6. The van der Waals surface area contributed by atoms with Gasteiger partial charge in [0.05, 0.1) is 11.1 Å². The monoisotopic (exact) mass is 719 g/mol. The lowest BCUT2D eigenvalue weighted by atomic mass is 10.0. The van der Waals surface area contributed by atoms with E-state index < -0.39 is 91.8 Å². The van der Waals surface area contributed by atoms with Crippen molar-refractivity contribution in [3.63, 3.8) is 0 Å². The maximum absolute atomic E-state index is 14.1. The van der Waals surface area contributed by atoms with Crippen LogP contribution in [0.2, 0.25) is 0 Å². The molecule has 0 aliphatic rings. The molecule has 0 saturated carbocycles. The summed E-state index contributed by atoms with van der Waals surface area (Å²) in [5, 5.41) is 14.0. The normalized spacial score (nSPS) is 13.7. The van der Waals surface area contributed by atoms with Crippen LogP contribution in [0.5, 0.6) is 0 Å². The Hall–Kier alpha value is -4.44. The Morgan fingerprint density at radius 3 is 1.44 bits per heavy atom. The number of primary amides is 1. The van der Waals surface area contributed by atoms with Gasteiger partial charge in [0.15, 0.2) is 0 Å². The average Bonchev–Trinajstić information content (AvgIpc) is 2.99. The van der Waals surface area contributed by atoms with Crippen LogP contribution < -0.4 is 16.4 Å². The molecule has 0 fully saturated rings. The third-order valence-corrected chi connectivity index (χ3v) is 8.88. The predicted molar refractivity (Wildman–Crippen MR) is 158 cm³/mol. The molecule has 3 rings (SSSR count). The van der Waals surface area contributed by atoms with Crippen molar-refractivity contribution in [1.29, 1.82) is 0 Å². The van der Waals surface area contributed by atoms with E-state index >= 15 is 0 Å². The summed E-state index contributed by atoms with van der Waals surface area (Å²) in [6, 6.07) is 8.39. The molecule has 0 bridgehead atoms. The molecule has 0 saturated heterocycles. The van der Waals surface area contributed by atoms with Crippen LogP contribution in [-0.2, 0) is 42.9 Å². The molecular weight excluding hydrogens is 692 g/mol. The Morgan fingerprint density at radius 1 is 0.667 bits per heavy atom. The lowest BCUT2D eigenvalue weighted by molar-refractivity contribution is -0.128. The van der Waals surface area contributed by atoms with Crippen LogP contribution in [0.1, 0.15) is 43.0 Å². The standard InChI is InChI=1S/C28H27F4N3O11P2/c29-27(30,47(41,42)43)17-9-5-15(6-10-17)13-21(23(33)36)34-25(38)22(35-24(37)19-3-1-2-4-20(19)26(39)40)14-16-7-11-18(12-8-16)28(31,32)48(44,45)46/h1-12,21-22H,13-14H2,(H2,33,36)(H,34,38)(H,35,37)(H,39,40)(H2,41,42,43)(H2,44,45,46). The zero-order valence-electron chi connectivity index (χ0n) is 24.2. The van der Waals surface area contributed by atoms with Crippen molar-refractivity contribution >= 4 is 38.9 Å². The lowest BCUT2D eigenvalue weighted by Gasteiger charge is -2.23. The van der Waals surface area contributed by atoms with Gasteiger partial charge in [-0.15, -0.1) is 0 Å². The van der Waals surface area contributed by atoms with E-state index in [0.717, 1.165) is 36.4 Å². The third kappa shape index (κ3) is 8.72. The number of carbonyl (C=O) groups is 4. The van der Waals surface area contributed by atoms with Gasteiger partial charge in [0.1, 0.15) is 12.1 Å². The minimum absolute atomic E-state index is 0.0597. The summed E-state index contributed by atoms with van der Waals surface area (Å²) in [6.07, 6.45) is -0.927. The second-order valence-corrected chi connectivity index (χ2v) is 13.6. The van der Waals surface area contributed by atoms with Gasteiger partial charge in [-0.3, -0.25) is 23.5 Å². The summed E-state index contributed by atoms with van der Waals surface area (Å²) in [5.74, 6) is -4.80. The number of benzene rings is 3. The molecule has 0 aromatic heterocycles. The fourth-order valence-electron chi connectivity index (χ4n) is 4.30. The highest BCUT2D eigenvalue weighted by molar-refractivity contribution is 7.52. The van der Waals surface area contributed by atoms with E-state index in [1.54, 1.807) is 0 Å². The smallest absolute Gasteiger partial charge is 0.399 e. The highest BCUT2D eigenvalue weighted by Gasteiger charge is 2.51. The van der Waals surface area contributed by atoms with Crippen LogP contribution in [-0.4, -0.2) is 60.5 Å². The third-order valence-electron chi connectivity index (χ3n) is 6.90. The van der Waals surface area contributed by atoms with Crippen LogP contribution in [0.25, 0.3) is 0 Å². The number of aromatic carboxylic acids is 1. The zero-order valence-corrected chi connectivity index (χ0v) is 26.0. The molecule has 3 amide bonds. The van der Waals surface area contributed by atoms with Crippen LogP contribution in [0.3, 0.4) is 0 Å². The molecule has 0 aliphatic heterocycles. The fraction of sp³-hybridized carbons (Fsp3) is 0.214. The Labute approximate surface area is 268 Å². The number of amides is 3. The quantitative estimate of drug-likeness (QED) is 0.0887. The molecule has 0 heterocycles. The topological polar surface area (TPSA) is 254 Å². The van der Waals surface area contributed by atoms with Crippen molar-refractivity contribution in [3.05, 3.63) is 106 Å². The molecule has 9 N–H and O–H groups in total. The lowest BCUT2D eigenvalue weighted by Crippen LogP contribution is -2.54. The maximum Gasteiger partial charge on any atom is 0.399 e. The van der Waals surface area contributed by atoms with Crippen LogP contribution in [0, 0.1) is 0 Å². The van der Waals surface area contributed by atoms with Crippen LogP contribution in [0.4, 0.5) is 17.6 Å². The largest absolute Gasteiger partial charge is 0.478 e. The second-order valence-electron chi connectivity index (χ2n) is 10.3. The number of nitrogens with one attached hydrogen (secondary N) is 2. The molecule has 3 aromatic carbocycles. The fourth-order valence-corrected chi connectivity index (χ4v) is 5.27. The van der Waals surface area contributed by atoms with Gasteiger partial charge in [0, 0.05) is 24.0 Å². The van der Waals surface area contributed by atoms with E-state index in [2.05, 4.69) is 10.6 Å². The summed E-state index contributed by atoms with van der Waals surface area (Å²) in [7, 11) is -11.8. The summed E-state index contributed by atoms with van der Waals surface area (Å²) in [6.45, 7) is 0. The van der Waals surface area contributed by atoms with E-state index in [0.29, 0.717) is 24.3 Å². The van der Waals surface area contributed by atoms with Crippen LogP contribution in [0.15, 0.2) is 72.8 Å². The number of carbonyl (C=O) groups excluding carboxylic acids is 3. The van der Waals surface area contributed by atoms with Crippen molar-refractivity contribution in [2.75, 3.05) is 0 Å². The van der Waals surface area contributed by atoms with Gasteiger partial charge in [0.25, 0.3) is 5.91 Å². The highest BCUT2D eigenvalue weighted by atomic mass is 31.2. The van der Waals surface area contributed by atoms with Crippen molar-refractivity contribution in [2.24, 2.45) is 5.73 Å². The Balaban J connectivity index is 1.91. The minimum atomic E-state index is -5.91. The number of alkyl halides is 4. The van der Waals surface area contributed by atoms with Crippen molar-refractivity contribution in [3.8, 4) is 0 Å². The maximum atomic E-state index is 14.1. The summed E-state index contributed by atoms with van der Waals surface area (Å²) in [5.41, 5.74) is -6.40. The van der Waals surface area contributed by atoms with Gasteiger partial charge in [-0.25, -0.2) is 4.79 Å². The summed E-state index contributed by atoms with van der Waals surface area (Å²) in [4.78, 5) is 86.3. The van der Waals surface area contributed by atoms with Gasteiger partial charge in [-0.05, 0) is 23.3 Å². The van der Waals surface area contributed by atoms with E-state index in [-0.39, 0.29) is 16.7 Å². The second kappa shape index (κ2) is 14.4. The van der Waals surface area contributed by atoms with Gasteiger partial charge in [-0.1, -0.05) is 60.7 Å². The van der Waals surface area contributed by atoms with Crippen molar-refractivity contribution in [1.82, 2.24) is 10.6 Å². The average molecular weight is 719 g/mol. The van der Waals surface area contributed by atoms with Crippen LogP contribution >= 0.6 is 15.2 Å². The zero-order chi connectivity index (χ0) is 36.2. The highest BCUT2D eigenvalue weighted by Crippen LogP contribution is 2.60. The minimum Gasteiger partial charge on any atom is -0.478 e. The molecule has 0 aliphatic carbocycles. The Morgan fingerprint density at radius 2 is 1.06 bits per heavy atom. The van der Waals surface area contributed by atoms with E-state index in [1.165, 1.54) is 12.1 Å². The number of hydrogen-bond donors (Lipinski definition) is 8. The molecule has 0 spiro atoms. The number of carboxylic acids is 1. The SMILES string of the molecule is NC(=O)C(Cc1ccc(C(F)(F)P(=O)(O)O)cc1)NC(=O)C(Cc1ccc(C(F)(F)P(=O)(O)O)cc1)NC(=O)c1ccccc1C(=O)O. The number of rotatable bonds is 14. The first kappa shape index (κ1) is 38.0. The predicted octanol–water partition coefficient (Wildman–Crippen LogP) is 2.39. The molecule has 0 radical (unpaired) electrons. The van der Waals surface area contributed by atoms with Crippen molar-refractivity contribution in [2.45, 2.75) is 36.3 Å². The van der Waals surface area contributed by atoms with E-state index in [4.69, 9.17) is 25.3 Å². The molecule has 258 valence electrons. The molecule has 2 unspecified atom stereocenters. The molecular formula is C28H27F4N3O11P2. The molecule has 20 heteroatoms. The van der Waals surface area contributed by atoms with Crippen molar-refractivity contribution < 1.29 is 70.6 Å². The van der Waals surface area contributed by atoms with Gasteiger partial charge >= 0.3 is 32.5 Å². The van der Waals surface area contributed by atoms with E-state index in [1.807, 2.05) is 0 Å². The summed E-state index contributed by atoms with van der Waals surface area (Å²) < 4.78 is 78.7. The number of hydrogen-bond acceptors (Lipinski definition) is 6. The number of nitrogens with two attached hydrogens (primary N) is 1.